The molecule has 0 spiro atoms. The van der Waals surface area contributed by atoms with Crippen LogP contribution in [0.3, 0.4) is 0 Å². The minimum Gasteiger partial charge on any atom is -0.493 e. The first kappa shape index (κ1) is 19.3. The molecule has 0 bridgehead atoms. The fourth-order valence-corrected chi connectivity index (χ4v) is 2.25. The molecule has 0 aliphatic rings. The van der Waals surface area contributed by atoms with Gasteiger partial charge in [0.1, 0.15) is 6.61 Å². The molecule has 0 saturated carbocycles. The molecule has 128 valence electrons. The number of hydrogen-bond acceptors (Lipinski definition) is 5. The van der Waals surface area contributed by atoms with Crippen LogP contribution in [0.4, 0.5) is 0 Å². The van der Waals surface area contributed by atoms with Gasteiger partial charge in [-0.15, -0.1) is 6.42 Å². The van der Waals surface area contributed by atoms with Gasteiger partial charge in [0.25, 0.3) is 0 Å². The average molecular weight is 321 g/mol. The minimum absolute atomic E-state index is 0.217. The summed E-state index contributed by atoms with van der Waals surface area (Å²) in [6.45, 7) is 5.85. The minimum atomic E-state index is -0.578. The van der Waals surface area contributed by atoms with E-state index in [9.17, 15) is 5.11 Å². The van der Waals surface area contributed by atoms with Gasteiger partial charge in [-0.25, -0.2) is 0 Å². The van der Waals surface area contributed by atoms with Crippen molar-refractivity contribution in [1.29, 1.82) is 0 Å². The zero-order valence-corrected chi connectivity index (χ0v) is 14.4. The highest BCUT2D eigenvalue weighted by atomic mass is 16.5. The molecule has 1 rings (SSSR count). The van der Waals surface area contributed by atoms with Gasteiger partial charge in [0.15, 0.2) is 11.5 Å². The van der Waals surface area contributed by atoms with E-state index in [1.807, 2.05) is 18.2 Å². The van der Waals surface area contributed by atoms with Crippen molar-refractivity contribution < 1.29 is 19.3 Å². The summed E-state index contributed by atoms with van der Waals surface area (Å²) in [5, 5.41) is 10.1. The highest BCUT2D eigenvalue weighted by molar-refractivity contribution is 5.42. The van der Waals surface area contributed by atoms with Crippen molar-refractivity contribution in [3.05, 3.63) is 23.8 Å². The SMILES string of the molecule is C#CCOCC(O)CN(Cc1ccc(OC)c(OC)c1)C(C)C. The molecule has 0 radical (unpaired) electrons. The fourth-order valence-electron chi connectivity index (χ4n) is 2.25. The topological polar surface area (TPSA) is 51.2 Å². The molecule has 0 fully saturated rings. The summed E-state index contributed by atoms with van der Waals surface area (Å²) in [6, 6.07) is 6.12. The predicted octanol–water partition coefficient (Wildman–Crippen LogP) is 1.92. The maximum atomic E-state index is 10.1. The third kappa shape index (κ3) is 6.49. The van der Waals surface area contributed by atoms with Gasteiger partial charge in [-0.1, -0.05) is 12.0 Å². The number of aliphatic hydroxyl groups is 1. The monoisotopic (exact) mass is 321 g/mol. The Bertz CT molecular complexity index is 510. The lowest BCUT2D eigenvalue weighted by atomic mass is 10.1. The van der Waals surface area contributed by atoms with Crippen LogP contribution in [-0.4, -0.2) is 56.1 Å². The number of hydrogen-bond donors (Lipinski definition) is 1. The molecule has 5 heteroatoms. The van der Waals surface area contributed by atoms with Crippen molar-refractivity contribution in [3.8, 4) is 23.8 Å². The van der Waals surface area contributed by atoms with Crippen LogP contribution in [0.5, 0.6) is 11.5 Å². The zero-order valence-electron chi connectivity index (χ0n) is 14.4. The molecular formula is C18H27NO4. The highest BCUT2D eigenvalue weighted by Crippen LogP contribution is 2.28. The molecule has 23 heavy (non-hydrogen) atoms. The molecule has 0 saturated heterocycles. The number of aliphatic hydroxyl groups excluding tert-OH is 1. The molecule has 5 nitrogen and oxygen atoms in total. The van der Waals surface area contributed by atoms with E-state index in [0.29, 0.717) is 24.6 Å². The van der Waals surface area contributed by atoms with Crippen LogP contribution in [0.1, 0.15) is 19.4 Å². The molecule has 1 aromatic rings. The Labute approximate surface area is 139 Å². The lowest BCUT2D eigenvalue weighted by molar-refractivity contribution is 0.0192. The number of ether oxygens (including phenoxy) is 3. The van der Waals surface area contributed by atoms with Crippen LogP contribution in [0.2, 0.25) is 0 Å². The van der Waals surface area contributed by atoms with E-state index < -0.39 is 6.10 Å². The van der Waals surface area contributed by atoms with Gasteiger partial charge in [-0.2, -0.15) is 0 Å². The Kier molecular flexibility index (Phi) is 8.49. The van der Waals surface area contributed by atoms with Gasteiger partial charge in [0.05, 0.1) is 26.9 Å². The average Bonchev–Trinajstić information content (AvgIpc) is 2.54. The zero-order chi connectivity index (χ0) is 17.2. The summed E-state index contributed by atoms with van der Waals surface area (Å²) in [5.74, 6) is 3.79. The molecule has 1 unspecified atom stereocenters. The lowest BCUT2D eigenvalue weighted by Gasteiger charge is -2.29. The standard InChI is InChI=1S/C18H27NO4/c1-6-9-23-13-16(20)12-19(14(2)3)11-15-7-8-17(21-4)18(10-15)22-5/h1,7-8,10,14,16,20H,9,11-13H2,2-5H3. The maximum Gasteiger partial charge on any atom is 0.161 e. The molecule has 1 N–H and O–H groups in total. The van der Waals surface area contributed by atoms with Crippen LogP contribution >= 0.6 is 0 Å². The molecule has 0 aliphatic heterocycles. The molecule has 0 heterocycles. The van der Waals surface area contributed by atoms with Gasteiger partial charge in [0, 0.05) is 19.1 Å². The summed E-state index contributed by atoms with van der Waals surface area (Å²) in [6.07, 6.45) is 4.55. The van der Waals surface area contributed by atoms with E-state index in [4.69, 9.17) is 20.6 Å². The van der Waals surface area contributed by atoms with Crippen molar-refractivity contribution in [2.24, 2.45) is 0 Å². The van der Waals surface area contributed by atoms with E-state index in [1.165, 1.54) is 0 Å². The summed E-state index contributed by atoms with van der Waals surface area (Å²) < 4.78 is 15.8. The maximum absolute atomic E-state index is 10.1. The van der Waals surface area contributed by atoms with Gasteiger partial charge < -0.3 is 19.3 Å². The molecule has 0 amide bonds. The van der Waals surface area contributed by atoms with E-state index >= 15 is 0 Å². The van der Waals surface area contributed by atoms with Crippen LogP contribution in [0.25, 0.3) is 0 Å². The Balaban J connectivity index is 2.70. The van der Waals surface area contributed by atoms with Crippen LogP contribution in [-0.2, 0) is 11.3 Å². The lowest BCUT2D eigenvalue weighted by Crippen LogP contribution is -2.38. The van der Waals surface area contributed by atoms with Crippen molar-refractivity contribution in [2.45, 2.75) is 32.5 Å². The Hall–Kier alpha value is -1.74. The predicted molar refractivity (Wildman–Crippen MR) is 90.8 cm³/mol. The van der Waals surface area contributed by atoms with E-state index in [-0.39, 0.29) is 19.3 Å². The van der Waals surface area contributed by atoms with Crippen molar-refractivity contribution >= 4 is 0 Å². The van der Waals surface area contributed by atoms with Crippen molar-refractivity contribution in [3.63, 3.8) is 0 Å². The van der Waals surface area contributed by atoms with E-state index in [1.54, 1.807) is 14.2 Å². The summed E-state index contributed by atoms with van der Waals surface area (Å²) >= 11 is 0. The quantitative estimate of drug-likeness (QED) is 0.527. The van der Waals surface area contributed by atoms with Gasteiger partial charge in [0.2, 0.25) is 0 Å². The fraction of sp³-hybridized carbons (Fsp3) is 0.556. The number of rotatable bonds is 10. The molecule has 0 aliphatic carbocycles. The van der Waals surface area contributed by atoms with E-state index in [0.717, 1.165) is 5.56 Å². The van der Waals surface area contributed by atoms with E-state index in [2.05, 4.69) is 24.7 Å². The van der Waals surface area contributed by atoms with Gasteiger partial charge in [-0.05, 0) is 31.5 Å². The number of terminal acetylenes is 1. The second-order valence-electron chi connectivity index (χ2n) is 5.59. The highest BCUT2D eigenvalue weighted by Gasteiger charge is 2.16. The van der Waals surface area contributed by atoms with Crippen LogP contribution in [0, 0.1) is 12.3 Å². The summed E-state index contributed by atoms with van der Waals surface area (Å²) in [7, 11) is 3.24. The van der Waals surface area contributed by atoms with Gasteiger partial charge in [-0.3, -0.25) is 4.90 Å². The third-order valence-electron chi connectivity index (χ3n) is 3.50. The van der Waals surface area contributed by atoms with Crippen molar-refractivity contribution in [1.82, 2.24) is 4.90 Å². The Morgan fingerprint density at radius 1 is 1.22 bits per heavy atom. The number of nitrogens with zero attached hydrogens (tertiary/aromatic N) is 1. The molecule has 0 aromatic heterocycles. The first-order valence-electron chi connectivity index (χ1n) is 7.66. The summed E-state index contributed by atoms with van der Waals surface area (Å²) in [4.78, 5) is 2.17. The first-order chi connectivity index (χ1) is 11.0. The Morgan fingerprint density at radius 3 is 2.48 bits per heavy atom. The normalized spacial score (nSPS) is 12.3. The number of methoxy groups -OCH3 is 2. The molecular weight excluding hydrogens is 294 g/mol. The van der Waals surface area contributed by atoms with Crippen LogP contribution < -0.4 is 9.47 Å². The Morgan fingerprint density at radius 2 is 1.91 bits per heavy atom. The first-order valence-corrected chi connectivity index (χ1v) is 7.66. The molecule has 1 aromatic carbocycles. The largest absolute Gasteiger partial charge is 0.493 e. The number of benzene rings is 1. The van der Waals surface area contributed by atoms with Crippen molar-refractivity contribution in [2.75, 3.05) is 34.0 Å². The van der Waals surface area contributed by atoms with Crippen LogP contribution in [0.15, 0.2) is 18.2 Å². The third-order valence-corrected chi connectivity index (χ3v) is 3.50. The second-order valence-corrected chi connectivity index (χ2v) is 5.59. The smallest absolute Gasteiger partial charge is 0.161 e. The molecule has 1 atom stereocenters. The second kappa shape index (κ2) is 10.1. The summed E-state index contributed by atoms with van der Waals surface area (Å²) in [5.41, 5.74) is 1.09. The van der Waals surface area contributed by atoms with Gasteiger partial charge >= 0.3 is 0 Å².